The summed E-state index contributed by atoms with van der Waals surface area (Å²) < 4.78 is 0. The van der Waals surface area contributed by atoms with Gasteiger partial charge in [-0.2, -0.15) is 0 Å². The lowest BCUT2D eigenvalue weighted by Crippen LogP contribution is -2.43. The fraction of sp³-hybridized carbons (Fsp3) is 0.476. The predicted octanol–water partition coefficient (Wildman–Crippen LogP) is 2.88. The molecule has 6 heteroatoms. The molecule has 0 bridgehead atoms. The molecule has 142 valence electrons. The van der Waals surface area contributed by atoms with Gasteiger partial charge in [0, 0.05) is 24.8 Å². The third-order valence-corrected chi connectivity index (χ3v) is 5.65. The molecule has 2 fully saturated rings. The minimum atomic E-state index is 0.103. The Labute approximate surface area is 160 Å². The summed E-state index contributed by atoms with van der Waals surface area (Å²) >= 11 is 0. The van der Waals surface area contributed by atoms with Gasteiger partial charge in [-0.25, -0.2) is 9.97 Å². The largest absolute Gasteiger partial charge is 0.368 e. The van der Waals surface area contributed by atoms with Crippen LogP contribution < -0.4 is 5.73 Å². The molecule has 0 spiro atoms. The highest BCUT2D eigenvalue weighted by atomic mass is 16.2. The molecule has 27 heavy (non-hydrogen) atoms. The van der Waals surface area contributed by atoms with Crippen molar-refractivity contribution < 1.29 is 4.79 Å². The van der Waals surface area contributed by atoms with Crippen molar-refractivity contribution in [2.24, 2.45) is 0 Å². The van der Waals surface area contributed by atoms with Gasteiger partial charge in [-0.1, -0.05) is 36.8 Å². The molecule has 2 saturated heterocycles. The van der Waals surface area contributed by atoms with E-state index in [0.717, 1.165) is 68.6 Å². The molecule has 4 rings (SSSR count). The first-order chi connectivity index (χ1) is 13.2. The highest BCUT2D eigenvalue weighted by Gasteiger charge is 2.31. The minimum Gasteiger partial charge on any atom is -0.368 e. The Morgan fingerprint density at radius 1 is 1.07 bits per heavy atom. The van der Waals surface area contributed by atoms with Crippen LogP contribution >= 0.6 is 0 Å². The van der Waals surface area contributed by atoms with Crippen molar-refractivity contribution in [2.75, 3.05) is 31.9 Å². The highest BCUT2D eigenvalue weighted by Crippen LogP contribution is 2.35. The molecule has 2 aliphatic rings. The number of rotatable bonds is 4. The van der Waals surface area contributed by atoms with Crippen LogP contribution in [0.3, 0.4) is 0 Å². The number of piperidine rings is 1. The second kappa shape index (κ2) is 8.05. The van der Waals surface area contributed by atoms with Gasteiger partial charge in [-0.3, -0.25) is 9.69 Å². The molecule has 2 aliphatic heterocycles. The van der Waals surface area contributed by atoms with Crippen LogP contribution in [0.15, 0.2) is 36.5 Å². The Morgan fingerprint density at radius 3 is 2.59 bits per heavy atom. The van der Waals surface area contributed by atoms with E-state index in [9.17, 15) is 4.79 Å². The molecular formula is C21H27N5O. The second-order valence-electron chi connectivity index (χ2n) is 7.46. The summed E-state index contributed by atoms with van der Waals surface area (Å²) in [6, 6.07) is 10.3. The van der Waals surface area contributed by atoms with Crippen molar-refractivity contribution in [2.45, 2.75) is 38.1 Å². The van der Waals surface area contributed by atoms with Gasteiger partial charge < -0.3 is 10.6 Å². The van der Waals surface area contributed by atoms with Gasteiger partial charge in [-0.15, -0.1) is 0 Å². The van der Waals surface area contributed by atoms with Crippen LogP contribution in [0, 0.1) is 0 Å². The van der Waals surface area contributed by atoms with Crippen LogP contribution in [0.2, 0.25) is 0 Å². The summed E-state index contributed by atoms with van der Waals surface area (Å²) in [5, 5.41) is 0. The average molecular weight is 365 g/mol. The van der Waals surface area contributed by atoms with Crippen LogP contribution in [0.4, 0.5) is 5.95 Å². The Bertz CT molecular complexity index is 788. The topological polar surface area (TPSA) is 75.3 Å². The van der Waals surface area contributed by atoms with E-state index in [4.69, 9.17) is 5.73 Å². The summed E-state index contributed by atoms with van der Waals surface area (Å²) in [6.07, 6.45) is 7.30. The molecule has 2 N–H and O–H groups in total. The molecule has 0 aliphatic carbocycles. The molecule has 1 amide bonds. The summed E-state index contributed by atoms with van der Waals surface area (Å²) in [6.45, 7) is 3.17. The maximum Gasteiger partial charge on any atom is 0.236 e. The quantitative estimate of drug-likeness (QED) is 0.902. The molecular weight excluding hydrogens is 338 g/mol. The zero-order valence-corrected chi connectivity index (χ0v) is 15.7. The van der Waals surface area contributed by atoms with Crippen molar-refractivity contribution in [3.8, 4) is 11.1 Å². The number of nitrogens with two attached hydrogens (primary N) is 1. The van der Waals surface area contributed by atoms with Crippen molar-refractivity contribution in [1.29, 1.82) is 0 Å². The fourth-order valence-corrected chi connectivity index (χ4v) is 4.23. The van der Waals surface area contributed by atoms with E-state index in [1.54, 1.807) is 0 Å². The molecule has 0 saturated carbocycles. The molecule has 6 nitrogen and oxygen atoms in total. The molecule has 1 aromatic carbocycles. The fourth-order valence-electron chi connectivity index (χ4n) is 4.23. The molecule has 1 aromatic heterocycles. The van der Waals surface area contributed by atoms with E-state index in [-0.39, 0.29) is 11.9 Å². The molecule has 3 heterocycles. The Morgan fingerprint density at radius 2 is 1.81 bits per heavy atom. The number of amides is 1. The molecule has 2 aromatic rings. The molecule has 0 radical (unpaired) electrons. The number of nitrogens with zero attached hydrogens (tertiary/aromatic N) is 4. The normalized spacial score (nSPS) is 20.7. The van der Waals surface area contributed by atoms with E-state index in [1.807, 2.05) is 29.3 Å². The summed E-state index contributed by atoms with van der Waals surface area (Å²) in [7, 11) is 0. The number of aromatic nitrogens is 2. The number of likely N-dealkylation sites (tertiary alicyclic amines) is 2. The summed E-state index contributed by atoms with van der Waals surface area (Å²) in [4.78, 5) is 25.9. The number of anilines is 1. The third-order valence-electron chi connectivity index (χ3n) is 5.65. The maximum atomic E-state index is 12.7. The van der Waals surface area contributed by atoms with Crippen molar-refractivity contribution >= 4 is 11.9 Å². The van der Waals surface area contributed by atoms with Crippen LogP contribution in [-0.2, 0) is 4.79 Å². The van der Waals surface area contributed by atoms with Crippen molar-refractivity contribution in [3.05, 3.63) is 42.2 Å². The van der Waals surface area contributed by atoms with Gasteiger partial charge in [0.05, 0.1) is 18.3 Å². The van der Waals surface area contributed by atoms with E-state index >= 15 is 0 Å². The highest BCUT2D eigenvalue weighted by molar-refractivity contribution is 5.78. The third kappa shape index (κ3) is 3.95. The van der Waals surface area contributed by atoms with E-state index < -0.39 is 0 Å². The molecule has 1 atom stereocenters. The Hall–Kier alpha value is -2.47. The lowest BCUT2D eigenvalue weighted by Gasteiger charge is -2.36. The smallest absolute Gasteiger partial charge is 0.236 e. The number of nitrogen functional groups attached to an aromatic ring is 1. The number of carbonyl (C=O) groups is 1. The summed E-state index contributed by atoms with van der Waals surface area (Å²) in [5.41, 5.74) is 8.99. The van der Waals surface area contributed by atoms with Gasteiger partial charge in [0.25, 0.3) is 0 Å². The van der Waals surface area contributed by atoms with Gasteiger partial charge in [-0.05, 0) is 37.8 Å². The standard InChI is InChI=1S/C21H27N5O/c22-21-23-14-17(16-8-2-1-3-9-16)20(24-21)18-10-4-5-13-26(18)15-19(27)25-11-6-7-12-25/h1-3,8-9,14,18H,4-7,10-13,15H2,(H2,22,23,24)/t18-/m1/s1. The van der Waals surface area contributed by atoms with Crippen molar-refractivity contribution in [3.63, 3.8) is 0 Å². The van der Waals surface area contributed by atoms with E-state index in [2.05, 4.69) is 27.0 Å². The minimum absolute atomic E-state index is 0.103. The van der Waals surface area contributed by atoms with Crippen LogP contribution in [0.25, 0.3) is 11.1 Å². The maximum absolute atomic E-state index is 12.7. The number of hydrogen-bond acceptors (Lipinski definition) is 5. The first-order valence-corrected chi connectivity index (χ1v) is 9.92. The first kappa shape index (κ1) is 17.9. The van der Waals surface area contributed by atoms with Gasteiger partial charge in [0.15, 0.2) is 0 Å². The SMILES string of the molecule is Nc1ncc(-c2ccccc2)c([C@H]2CCCCN2CC(=O)N2CCCC2)n1. The van der Waals surface area contributed by atoms with Crippen molar-refractivity contribution in [1.82, 2.24) is 19.8 Å². The van der Waals surface area contributed by atoms with E-state index in [1.165, 1.54) is 0 Å². The molecule has 0 unspecified atom stereocenters. The van der Waals surface area contributed by atoms with Crippen LogP contribution in [0.1, 0.15) is 43.8 Å². The van der Waals surface area contributed by atoms with Crippen LogP contribution in [-0.4, -0.2) is 51.9 Å². The Balaban J connectivity index is 1.63. The van der Waals surface area contributed by atoms with Gasteiger partial charge in [0.2, 0.25) is 11.9 Å². The predicted molar refractivity (Wildman–Crippen MR) is 106 cm³/mol. The average Bonchev–Trinajstić information content (AvgIpc) is 3.24. The Kier molecular flexibility index (Phi) is 5.34. The zero-order valence-electron chi connectivity index (χ0n) is 15.7. The zero-order chi connectivity index (χ0) is 18.6. The summed E-state index contributed by atoms with van der Waals surface area (Å²) in [5.74, 6) is 0.531. The number of carbonyl (C=O) groups excluding carboxylic acids is 1. The van der Waals surface area contributed by atoms with Gasteiger partial charge >= 0.3 is 0 Å². The number of hydrogen-bond donors (Lipinski definition) is 1. The first-order valence-electron chi connectivity index (χ1n) is 9.92. The lowest BCUT2D eigenvalue weighted by molar-refractivity contribution is -0.132. The van der Waals surface area contributed by atoms with E-state index in [0.29, 0.717) is 12.5 Å². The van der Waals surface area contributed by atoms with Gasteiger partial charge in [0.1, 0.15) is 0 Å². The van der Waals surface area contributed by atoms with Crippen LogP contribution in [0.5, 0.6) is 0 Å². The second-order valence-corrected chi connectivity index (χ2v) is 7.46. The lowest BCUT2D eigenvalue weighted by atomic mass is 9.94. The number of benzene rings is 1. The monoisotopic (exact) mass is 365 g/mol.